The van der Waals surface area contributed by atoms with Gasteiger partial charge in [0.05, 0.1) is 12.1 Å². The van der Waals surface area contributed by atoms with Crippen LogP contribution in [0.1, 0.15) is 161 Å². The van der Waals surface area contributed by atoms with Crippen LogP contribution in [0.4, 0.5) is 0 Å². The van der Waals surface area contributed by atoms with Crippen LogP contribution in [0.25, 0.3) is 0 Å². The third kappa shape index (κ3) is 18.7. The Bertz CT molecular complexity index is 370. The van der Waals surface area contributed by atoms with Gasteiger partial charge in [0.2, 0.25) is 0 Å². The van der Waals surface area contributed by atoms with Crippen molar-refractivity contribution in [1.82, 2.24) is 0 Å². The second-order valence-corrected chi connectivity index (χ2v) is 10.4. The van der Waals surface area contributed by atoms with Gasteiger partial charge in [-0.15, -0.1) is 0 Å². The molecule has 2 rings (SSSR count). The van der Waals surface area contributed by atoms with Crippen molar-refractivity contribution in [2.75, 3.05) is 0 Å². The van der Waals surface area contributed by atoms with E-state index < -0.39 is 5.97 Å². The van der Waals surface area contributed by atoms with E-state index >= 15 is 0 Å². The Balaban J connectivity index is 0.000000323. The van der Waals surface area contributed by atoms with Crippen molar-refractivity contribution in [2.45, 2.75) is 173 Å². The molecule has 0 amide bonds. The van der Waals surface area contributed by atoms with Gasteiger partial charge in [-0.05, 0) is 64.2 Å². The lowest BCUT2D eigenvalue weighted by molar-refractivity contribution is -0.725. The van der Waals surface area contributed by atoms with E-state index in [9.17, 15) is 9.90 Å². The monoisotopic (exact) mass is 437 g/mol. The highest BCUT2D eigenvalue weighted by Crippen LogP contribution is 2.18. The van der Waals surface area contributed by atoms with E-state index in [0.717, 1.165) is 24.9 Å². The Morgan fingerprint density at radius 2 is 0.968 bits per heavy atom. The number of carboxylic acids is 1. The first-order chi connectivity index (χ1) is 15.2. The lowest BCUT2D eigenvalue weighted by Crippen LogP contribution is -2.95. The molecular formula is C28H55NO2. The smallest absolute Gasteiger partial charge is 0.0861 e. The van der Waals surface area contributed by atoms with Gasteiger partial charge in [-0.25, -0.2) is 0 Å². The number of carbonyl (C=O) groups is 1. The molecule has 2 aliphatic rings. The first-order valence-electron chi connectivity index (χ1n) is 14.3. The summed E-state index contributed by atoms with van der Waals surface area (Å²) in [4.78, 5) is 10.2. The second kappa shape index (κ2) is 21.3. The summed E-state index contributed by atoms with van der Waals surface area (Å²) in [5, 5.41) is 12.9. The molecule has 0 aromatic rings. The fourth-order valence-electron chi connectivity index (χ4n) is 5.33. The van der Waals surface area contributed by atoms with Gasteiger partial charge in [-0.3, -0.25) is 0 Å². The summed E-state index contributed by atoms with van der Waals surface area (Å²) in [5.74, 6) is -0.905. The Kier molecular flexibility index (Phi) is 19.5. The van der Waals surface area contributed by atoms with Gasteiger partial charge in [0.15, 0.2) is 0 Å². The molecule has 0 aliphatic heterocycles. The molecule has 0 spiro atoms. The molecule has 0 bridgehead atoms. The largest absolute Gasteiger partial charge is 0.550 e. The zero-order valence-corrected chi connectivity index (χ0v) is 21.0. The van der Waals surface area contributed by atoms with Crippen LogP contribution in [-0.4, -0.2) is 18.1 Å². The van der Waals surface area contributed by atoms with Crippen molar-refractivity contribution < 1.29 is 15.2 Å². The van der Waals surface area contributed by atoms with Crippen molar-refractivity contribution in [1.29, 1.82) is 0 Å². The van der Waals surface area contributed by atoms with Crippen LogP contribution in [0.3, 0.4) is 0 Å². The predicted octanol–water partition coefficient (Wildman–Crippen LogP) is 6.43. The van der Waals surface area contributed by atoms with E-state index in [1.807, 2.05) is 0 Å². The van der Waals surface area contributed by atoms with Crippen molar-refractivity contribution in [3.63, 3.8) is 0 Å². The van der Waals surface area contributed by atoms with Crippen LogP contribution < -0.4 is 10.4 Å². The van der Waals surface area contributed by atoms with Crippen LogP contribution in [0.5, 0.6) is 0 Å². The summed E-state index contributed by atoms with van der Waals surface area (Å²) in [5.41, 5.74) is 0. The van der Waals surface area contributed by atoms with Crippen molar-refractivity contribution >= 4 is 5.97 Å². The Labute approximate surface area is 194 Å². The molecule has 3 nitrogen and oxygen atoms in total. The minimum absolute atomic E-state index is 0.234. The molecular weight excluding hydrogens is 382 g/mol. The summed E-state index contributed by atoms with van der Waals surface area (Å²) in [6.45, 7) is 2.26. The fraction of sp³-hybridized carbons (Fsp3) is 0.964. The van der Waals surface area contributed by atoms with Crippen LogP contribution >= 0.6 is 0 Å². The molecule has 2 N–H and O–H groups in total. The number of aliphatic carboxylic acids is 1. The highest BCUT2D eigenvalue weighted by molar-refractivity contribution is 5.63. The van der Waals surface area contributed by atoms with E-state index in [1.165, 1.54) is 135 Å². The number of hydrogen-bond acceptors (Lipinski definition) is 2. The lowest BCUT2D eigenvalue weighted by atomic mass is 9.91. The van der Waals surface area contributed by atoms with Gasteiger partial charge in [-0.2, -0.15) is 0 Å². The van der Waals surface area contributed by atoms with Gasteiger partial charge in [0, 0.05) is 5.97 Å². The molecule has 2 fully saturated rings. The SMILES string of the molecule is C1CCC([NH2+]C2CCCCC2)CC1.CCCCCCCCCCCCCCCC(=O)[O-]. The van der Waals surface area contributed by atoms with E-state index in [2.05, 4.69) is 12.2 Å². The average molecular weight is 438 g/mol. The van der Waals surface area contributed by atoms with E-state index in [1.54, 1.807) is 0 Å². The lowest BCUT2D eigenvalue weighted by Gasteiger charge is -2.27. The molecule has 0 aromatic heterocycles. The maximum atomic E-state index is 10.2. The first-order valence-corrected chi connectivity index (χ1v) is 14.3. The molecule has 0 radical (unpaired) electrons. The minimum Gasteiger partial charge on any atom is -0.550 e. The maximum absolute atomic E-state index is 10.2. The van der Waals surface area contributed by atoms with Gasteiger partial charge < -0.3 is 15.2 Å². The molecule has 184 valence electrons. The molecule has 3 heteroatoms. The zero-order chi connectivity index (χ0) is 22.4. The van der Waals surface area contributed by atoms with Gasteiger partial charge in [-0.1, -0.05) is 96.8 Å². The van der Waals surface area contributed by atoms with E-state index in [-0.39, 0.29) is 6.42 Å². The van der Waals surface area contributed by atoms with Gasteiger partial charge >= 0.3 is 0 Å². The summed E-state index contributed by atoms with van der Waals surface area (Å²) in [6, 6.07) is 1.99. The zero-order valence-electron chi connectivity index (χ0n) is 21.0. The third-order valence-corrected chi connectivity index (χ3v) is 7.33. The number of rotatable bonds is 16. The van der Waals surface area contributed by atoms with E-state index in [4.69, 9.17) is 0 Å². The molecule has 0 atom stereocenters. The second-order valence-electron chi connectivity index (χ2n) is 10.4. The number of unbranched alkanes of at least 4 members (excludes halogenated alkanes) is 12. The van der Waals surface area contributed by atoms with Crippen LogP contribution in [0.15, 0.2) is 0 Å². The standard InChI is InChI=1S/C16H32O2.C12H23N/c1-2-3-4-5-6-7-8-9-10-11-12-13-14-15-16(17)18;1-3-7-11(8-4-1)13-12-9-5-2-6-10-12/h2-15H2,1H3,(H,17,18);11-13H,1-10H2. The van der Waals surface area contributed by atoms with E-state index in [0.29, 0.717) is 0 Å². The summed E-state index contributed by atoms with van der Waals surface area (Å²) in [6.07, 6.45) is 31.9. The molecule has 0 heterocycles. The predicted molar refractivity (Wildman–Crippen MR) is 131 cm³/mol. The number of hydrogen-bond donors (Lipinski definition) is 1. The number of carboxylic acid groups (broad SMARTS) is 1. The highest BCUT2D eigenvalue weighted by Gasteiger charge is 2.22. The highest BCUT2D eigenvalue weighted by atomic mass is 16.4. The minimum atomic E-state index is -0.905. The number of quaternary nitrogens is 1. The van der Waals surface area contributed by atoms with Crippen molar-refractivity contribution in [3.05, 3.63) is 0 Å². The van der Waals surface area contributed by atoms with Crippen LogP contribution in [0.2, 0.25) is 0 Å². The number of carbonyl (C=O) groups excluding carboxylic acids is 1. The van der Waals surface area contributed by atoms with Crippen molar-refractivity contribution in [2.24, 2.45) is 0 Å². The fourth-order valence-corrected chi connectivity index (χ4v) is 5.33. The molecule has 0 saturated heterocycles. The quantitative estimate of drug-likeness (QED) is 0.283. The molecule has 2 aliphatic carbocycles. The Morgan fingerprint density at radius 1 is 0.613 bits per heavy atom. The maximum Gasteiger partial charge on any atom is 0.0861 e. The Hall–Kier alpha value is -0.570. The topological polar surface area (TPSA) is 56.7 Å². The van der Waals surface area contributed by atoms with Crippen LogP contribution in [-0.2, 0) is 4.79 Å². The average Bonchev–Trinajstić information content (AvgIpc) is 2.79. The molecule has 2 saturated carbocycles. The third-order valence-electron chi connectivity index (χ3n) is 7.33. The van der Waals surface area contributed by atoms with Gasteiger partial charge in [0.25, 0.3) is 0 Å². The summed E-state index contributed by atoms with van der Waals surface area (Å²) in [7, 11) is 0. The Morgan fingerprint density at radius 3 is 1.32 bits per heavy atom. The van der Waals surface area contributed by atoms with Crippen LogP contribution in [0, 0.1) is 0 Å². The first kappa shape index (κ1) is 28.5. The summed E-state index contributed by atoms with van der Waals surface area (Å²) < 4.78 is 0. The van der Waals surface area contributed by atoms with Gasteiger partial charge in [0.1, 0.15) is 0 Å². The molecule has 0 aromatic carbocycles. The normalized spacial score (nSPS) is 17.8. The summed E-state index contributed by atoms with van der Waals surface area (Å²) >= 11 is 0. The molecule has 0 unspecified atom stereocenters. The number of nitrogens with two attached hydrogens (primary N) is 1. The van der Waals surface area contributed by atoms with Crippen molar-refractivity contribution in [3.8, 4) is 0 Å². The molecule has 31 heavy (non-hydrogen) atoms.